The summed E-state index contributed by atoms with van der Waals surface area (Å²) in [6, 6.07) is 5.85. The summed E-state index contributed by atoms with van der Waals surface area (Å²) in [5.74, 6) is 0.780. The standard InChI is InChI=1S/C26H34O6/c1-30-18-9-10-23-21(16-18)24-19(8-4-6-14-28)17(7-3-5-13-27)15-20-22(29)11-12-26(31-2,32-23)25(20)24/h9-12,15-17,19,24-25,27-28H,3-8,13-14H2,1-2H3. The Labute approximate surface area is 189 Å². The highest BCUT2D eigenvalue weighted by Gasteiger charge is 2.58. The molecule has 6 nitrogen and oxygen atoms in total. The van der Waals surface area contributed by atoms with Crippen LogP contribution in [0.25, 0.3) is 0 Å². The second-order valence-corrected chi connectivity index (χ2v) is 9.02. The Morgan fingerprint density at radius 2 is 1.81 bits per heavy atom. The molecule has 4 rings (SSSR count). The van der Waals surface area contributed by atoms with E-state index in [0.717, 1.165) is 61.2 Å². The summed E-state index contributed by atoms with van der Waals surface area (Å²) in [5.41, 5.74) is 1.82. The molecule has 1 heterocycles. The van der Waals surface area contributed by atoms with E-state index < -0.39 is 5.79 Å². The van der Waals surface area contributed by atoms with Crippen LogP contribution in [0.3, 0.4) is 0 Å². The lowest BCUT2D eigenvalue weighted by Gasteiger charge is -2.53. The van der Waals surface area contributed by atoms with Gasteiger partial charge in [-0.3, -0.25) is 4.79 Å². The van der Waals surface area contributed by atoms with Crippen molar-refractivity contribution in [2.45, 2.75) is 50.2 Å². The van der Waals surface area contributed by atoms with Crippen molar-refractivity contribution in [2.24, 2.45) is 17.8 Å². The monoisotopic (exact) mass is 442 g/mol. The summed E-state index contributed by atoms with van der Waals surface area (Å²) in [6.45, 7) is 0.348. The minimum atomic E-state index is -1.02. The van der Waals surface area contributed by atoms with Gasteiger partial charge in [0.1, 0.15) is 11.5 Å². The Morgan fingerprint density at radius 3 is 2.50 bits per heavy atom. The Kier molecular flexibility index (Phi) is 7.03. The van der Waals surface area contributed by atoms with Gasteiger partial charge in [0.25, 0.3) is 0 Å². The second kappa shape index (κ2) is 9.77. The molecule has 0 amide bonds. The molecule has 6 heteroatoms. The number of carbonyl (C=O) groups excluding carboxylic acids is 1. The molecule has 3 aliphatic rings. The number of ether oxygens (including phenoxy) is 3. The van der Waals surface area contributed by atoms with E-state index in [1.807, 2.05) is 18.2 Å². The largest absolute Gasteiger partial charge is 0.497 e. The van der Waals surface area contributed by atoms with Gasteiger partial charge < -0.3 is 24.4 Å². The summed E-state index contributed by atoms with van der Waals surface area (Å²) < 4.78 is 17.9. The van der Waals surface area contributed by atoms with Crippen molar-refractivity contribution in [1.29, 1.82) is 0 Å². The highest BCUT2D eigenvalue weighted by molar-refractivity contribution is 6.06. The van der Waals surface area contributed by atoms with E-state index in [0.29, 0.717) is 0 Å². The lowest BCUT2D eigenvalue weighted by Crippen LogP contribution is -2.56. The average Bonchev–Trinajstić information content (AvgIpc) is 2.82. The molecule has 0 fully saturated rings. The number of fused-ring (bicyclic) bond motifs is 2. The van der Waals surface area contributed by atoms with Crippen molar-refractivity contribution < 1.29 is 29.2 Å². The summed E-state index contributed by atoms with van der Waals surface area (Å²) in [5, 5.41) is 18.7. The fourth-order valence-electron chi connectivity index (χ4n) is 5.86. The number of rotatable bonds is 10. The minimum absolute atomic E-state index is 0.0172. The van der Waals surface area contributed by atoms with Crippen LogP contribution in [-0.4, -0.2) is 49.2 Å². The highest BCUT2D eigenvalue weighted by Crippen LogP contribution is 2.59. The molecule has 5 atom stereocenters. The van der Waals surface area contributed by atoms with E-state index in [1.54, 1.807) is 26.4 Å². The van der Waals surface area contributed by atoms with Gasteiger partial charge in [-0.05, 0) is 67.9 Å². The molecular formula is C26H34O6. The van der Waals surface area contributed by atoms with Gasteiger partial charge in [0.05, 0.1) is 13.0 Å². The lowest BCUT2D eigenvalue weighted by atomic mass is 9.57. The molecule has 1 aromatic rings. The number of aliphatic hydroxyl groups is 2. The maximum Gasteiger partial charge on any atom is 0.238 e. The molecule has 0 saturated heterocycles. The zero-order valence-electron chi connectivity index (χ0n) is 19.0. The average molecular weight is 443 g/mol. The number of hydrogen-bond donors (Lipinski definition) is 2. The number of carbonyl (C=O) groups is 1. The molecule has 1 aliphatic heterocycles. The number of allylic oxidation sites excluding steroid dienone is 2. The summed E-state index contributed by atoms with van der Waals surface area (Å²) >= 11 is 0. The smallest absolute Gasteiger partial charge is 0.238 e. The van der Waals surface area contributed by atoms with Crippen LogP contribution >= 0.6 is 0 Å². The van der Waals surface area contributed by atoms with Gasteiger partial charge in [0.15, 0.2) is 5.78 Å². The zero-order valence-corrected chi connectivity index (χ0v) is 19.0. The number of unbranched alkanes of at least 4 members (excludes halogenated alkanes) is 2. The number of hydrogen-bond acceptors (Lipinski definition) is 6. The van der Waals surface area contributed by atoms with E-state index in [4.69, 9.17) is 14.2 Å². The van der Waals surface area contributed by atoms with Crippen LogP contribution < -0.4 is 9.47 Å². The van der Waals surface area contributed by atoms with Crippen molar-refractivity contribution in [3.05, 3.63) is 47.6 Å². The van der Waals surface area contributed by atoms with Crippen LogP contribution in [0.1, 0.15) is 50.0 Å². The molecular weight excluding hydrogens is 408 g/mol. The first-order valence-corrected chi connectivity index (χ1v) is 11.7. The van der Waals surface area contributed by atoms with Gasteiger partial charge in [-0.25, -0.2) is 0 Å². The molecule has 0 saturated carbocycles. The first kappa shape index (κ1) is 23.0. The van der Waals surface area contributed by atoms with Gasteiger partial charge in [-0.2, -0.15) is 0 Å². The predicted octanol–water partition coefficient (Wildman–Crippen LogP) is 3.77. The SMILES string of the molecule is COc1ccc2c(c1)C1C(CCCCO)C(CCCCO)C=C3C(=O)C=CC(OC)(O2)C31. The molecule has 0 radical (unpaired) electrons. The normalized spacial score (nSPS) is 30.2. The second-order valence-electron chi connectivity index (χ2n) is 9.02. The van der Waals surface area contributed by atoms with Crippen LogP contribution in [0.2, 0.25) is 0 Å². The van der Waals surface area contributed by atoms with E-state index in [1.165, 1.54) is 0 Å². The van der Waals surface area contributed by atoms with Gasteiger partial charge in [0, 0.05) is 37.4 Å². The van der Waals surface area contributed by atoms with Crippen molar-refractivity contribution in [2.75, 3.05) is 27.4 Å². The first-order valence-electron chi connectivity index (χ1n) is 11.7. The van der Waals surface area contributed by atoms with Gasteiger partial charge >= 0.3 is 0 Å². The maximum atomic E-state index is 13.0. The predicted molar refractivity (Wildman–Crippen MR) is 121 cm³/mol. The molecule has 0 bridgehead atoms. The molecule has 174 valence electrons. The lowest BCUT2D eigenvalue weighted by molar-refractivity contribution is -0.180. The third kappa shape index (κ3) is 4.00. The molecule has 2 N–H and O–H groups in total. The summed E-state index contributed by atoms with van der Waals surface area (Å²) in [7, 11) is 3.29. The van der Waals surface area contributed by atoms with E-state index in [2.05, 4.69) is 6.08 Å². The van der Waals surface area contributed by atoms with Gasteiger partial charge in [-0.1, -0.05) is 18.9 Å². The van der Waals surface area contributed by atoms with Gasteiger partial charge in [-0.15, -0.1) is 0 Å². The van der Waals surface area contributed by atoms with Gasteiger partial charge in [0.2, 0.25) is 5.79 Å². The number of benzene rings is 1. The van der Waals surface area contributed by atoms with Crippen molar-refractivity contribution >= 4 is 5.78 Å². The first-order chi connectivity index (χ1) is 15.6. The fraction of sp³-hybridized carbons (Fsp3) is 0.577. The third-order valence-electron chi connectivity index (χ3n) is 7.34. The number of aliphatic hydroxyl groups excluding tert-OH is 2. The Bertz CT molecular complexity index is 890. The van der Waals surface area contributed by atoms with E-state index >= 15 is 0 Å². The third-order valence-corrected chi connectivity index (χ3v) is 7.34. The van der Waals surface area contributed by atoms with Crippen LogP contribution in [0.15, 0.2) is 42.0 Å². The van der Waals surface area contributed by atoms with Crippen LogP contribution in [0.4, 0.5) is 0 Å². The van der Waals surface area contributed by atoms with E-state index in [-0.39, 0.29) is 42.7 Å². The Hall–Kier alpha value is -2.15. The van der Waals surface area contributed by atoms with Crippen molar-refractivity contribution in [3.8, 4) is 11.5 Å². The Balaban J connectivity index is 1.85. The van der Waals surface area contributed by atoms with Crippen LogP contribution in [0.5, 0.6) is 11.5 Å². The fourth-order valence-corrected chi connectivity index (χ4v) is 5.86. The molecule has 5 unspecified atom stereocenters. The molecule has 32 heavy (non-hydrogen) atoms. The summed E-state index contributed by atoms with van der Waals surface area (Å²) in [6.07, 6.45) is 10.7. The molecule has 0 spiro atoms. The maximum absolute atomic E-state index is 13.0. The molecule has 1 aromatic carbocycles. The Morgan fingerprint density at radius 1 is 1.06 bits per heavy atom. The minimum Gasteiger partial charge on any atom is -0.497 e. The highest BCUT2D eigenvalue weighted by atomic mass is 16.7. The van der Waals surface area contributed by atoms with Crippen LogP contribution in [0, 0.1) is 17.8 Å². The molecule has 0 aromatic heterocycles. The number of methoxy groups -OCH3 is 2. The van der Waals surface area contributed by atoms with E-state index in [9.17, 15) is 15.0 Å². The van der Waals surface area contributed by atoms with Crippen molar-refractivity contribution in [1.82, 2.24) is 0 Å². The quantitative estimate of drug-likeness (QED) is 0.537. The zero-order chi connectivity index (χ0) is 22.7. The van der Waals surface area contributed by atoms with Crippen LogP contribution in [-0.2, 0) is 9.53 Å². The molecule has 2 aliphatic carbocycles. The number of ketones is 1. The summed E-state index contributed by atoms with van der Waals surface area (Å²) in [4.78, 5) is 13.0. The van der Waals surface area contributed by atoms with Crippen molar-refractivity contribution in [3.63, 3.8) is 0 Å². The topological polar surface area (TPSA) is 85.2 Å².